The van der Waals surface area contributed by atoms with Gasteiger partial charge in [0.25, 0.3) is 0 Å². The fourth-order valence-corrected chi connectivity index (χ4v) is 6.90. The first kappa shape index (κ1) is 42.9. The molecule has 0 atom stereocenters. The van der Waals surface area contributed by atoms with Gasteiger partial charge in [-0.2, -0.15) is 21.9 Å². The van der Waals surface area contributed by atoms with E-state index in [0.717, 1.165) is 11.8 Å². The molecule has 27 heteroatoms. The minimum Gasteiger partial charge on any atom is -0.505 e. The first-order valence-electron chi connectivity index (χ1n) is 14.2. The van der Waals surface area contributed by atoms with E-state index < -0.39 is 48.7 Å². The summed E-state index contributed by atoms with van der Waals surface area (Å²) >= 11 is 1.23. The van der Waals surface area contributed by atoms with Gasteiger partial charge in [0.2, 0.25) is 0 Å². The van der Waals surface area contributed by atoms with Crippen LogP contribution in [0.1, 0.15) is 0 Å². The Morgan fingerprint density at radius 3 is 2.13 bits per heavy atom. The van der Waals surface area contributed by atoms with Gasteiger partial charge in [-0.25, -0.2) is 17.9 Å². The molecule has 4 aromatic carbocycles. The lowest BCUT2D eigenvalue weighted by Gasteiger charge is -2.12. The number of nitrogen functional groups attached to an aromatic ring is 1. The predicted octanol–water partition coefficient (Wildman–Crippen LogP) is 5.76. The zero-order chi connectivity index (χ0) is 40.4. The van der Waals surface area contributed by atoms with Crippen LogP contribution in [0.2, 0.25) is 0 Å². The first-order valence-corrected chi connectivity index (χ1v) is 20.2. The molecule has 6 N–H and O–H groups in total. The average molecular weight is 864 g/mol. The number of hydrogen-bond acceptors (Lipinski definition) is 22. The van der Waals surface area contributed by atoms with E-state index in [4.69, 9.17) is 29.6 Å². The van der Waals surface area contributed by atoms with Crippen LogP contribution in [0, 0.1) is 11.4 Å². The average Bonchev–Trinajstić information content (AvgIpc) is 3.12. The molecule has 0 amide bonds. The van der Waals surface area contributed by atoms with Crippen LogP contribution >= 0.6 is 23.8 Å². The summed E-state index contributed by atoms with van der Waals surface area (Å²) in [5.41, 5.74) is 6.45. The van der Waals surface area contributed by atoms with Gasteiger partial charge in [0, 0.05) is 28.2 Å². The summed E-state index contributed by atoms with van der Waals surface area (Å²) < 4.78 is 108. The minimum absolute atomic E-state index is 0.0258. The molecule has 0 fully saturated rings. The number of hydrogen-bond donors (Lipinski definition) is 5. The van der Waals surface area contributed by atoms with Crippen molar-refractivity contribution in [3.63, 3.8) is 0 Å². The van der Waals surface area contributed by atoms with Crippen LogP contribution in [0.25, 0.3) is 10.8 Å². The van der Waals surface area contributed by atoms with Crippen molar-refractivity contribution in [2.24, 2.45) is 20.5 Å². The lowest BCUT2D eigenvalue weighted by Crippen LogP contribution is -2.15. The van der Waals surface area contributed by atoms with Crippen LogP contribution in [0.5, 0.6) is 17.2 Å². The molecule has 4 rings (SSSR count). The van der Waals surface area contributed by atoms with Crippen LogP contribution < -0.4 is 15.2 Å². The standard InChI is InChI=1S/C28H25N5O17S5/c1-44-22-15-24(51-11-9-46-50-55(41,42)43)23(45-2)14-21(22)31-33-27-25(52-49-48-35)13-19-18(28(27)34)7-8-20(29)26(19)32-30-16-3-5-17(6-4-16)53(36,37)12-10-47-54(38,39)40/h3-8,13-15,34-35H,10,12,29H2,1-2H3,(H,38,39,40)(H,41,42,43). The van der Waals surface area contributed by atoms with Crippen LogP contribution in [0.3, 0.4) is 0 Å². The van der Waals surface area contributed by atoms with Gasteiger partial charge in [-0.3, -0.25) is 14.0 Å². The van der Waals surface area contributed by atoms with Gasteiger partial charge in [0.05, 0.1) is 64.7 Å². The van der Waals surface area contributed by atoms with Gasteiger partial charge in [-0.05, 0) is 58.6 Å². The molecule has 0 radical (unpaired) electrons. The number of aromatic hydroxyl groups is 1. The van der Waals surface area contributed by atoms with E-state index in [9.17, 15) is 30.4 Å². The molecule has 0 aromatic heterocycles. The first-order chi connectivity index (χ1) is 26.0. The van der Waals surface area contributed by atoms with Gasteiger partial charge in [0.1, 0.15) is 28.6 Å². The molecule has 294 valence electrons. The number of anilines is 1. The van der Waals surface area contributed by atoms with Crippen molar-refractivity contribution in [2.75, 3.05) is 32.3 Å². The number of rotatable bonds is 17. The summed E-state index contributed by atoms with van der Waals surface area (Å²) in [4.78, 5) is 4.26. The third kappa shape index (κ3) is 12.1. The highest BCUT2D eigenvalue weighted by molar-refractivity contribution is 8.04. The molecule has 0 bridgehead atoms. The molecule has 0 saturated heterocycles. The molecule has 0 aliphatic rings. The van der Waals surface area contributed by atoms with Crippen molar-refractivity contribution in [1.29, 1.82) is 0 Å². The minimum atomic E-state index is -4.88. The van der Waals surface area contributed by atoms with E-state index >= 15 is 0 Å². The smallest absolute Gasteiger partial charge is 0.433 e. The summed E-state index contributed by atoms with van der Waals surface area (Å²) in [5.74, 6) is -0.848. The molecule has 0 aliphatic heterocycles. The summed E-state index contributed by atoms with van der Waals surface area (Å²) in [6.07, 6.45) is 1.90. The fourth-order valence-electron chi connectivity index (χ4n) is 4.21. The Bertz CT molecular complexity index is 2510. The lowest BCUT2D eigenvalue weighted by molar-refractivity contribution is -0.432. The number of phenols is 1. The molecular weight excluding hydrogens is 839 g/mol. The fraction of sp³-hybridized carbons (Fsp3) is 0.143. The van der Waals surface area contributed by atoms with E-state index in [2.05, 4.69) is 48.5 Å². The maximum Gasteiger partial charge on any atom is 0.433 e. The van der Waals surface area contributed by atoms with Gasteiger partial charge in [0.15, 0.2) is 21.7 Å². The monoisotopic (exact) mass is 863 g/mol. The Morgan fingerprint density at radius 1 is 0.800 bits per heavy atom. The molecule has 0 aliphatic carbocycles. The Kier molecular flexibility index (Phi) is 14.6. The van der Waals surface area contributed by atoms with E-state index in [1.54, 1.807) is 0 Å². The zero-order valence-electron chi connectivity index (χ0n) is 27.6. The number of azo groups is 2. The highest BCUT2D eigenvalue weighted by Gasteiger charge is 2.20. The molecule has 0 unspecified atom stereocenters. The van der Waals surface area contributed by atoms with Gasteiger partial charge < -0.3 is 20.3 Å². The quantitative estimate of drug-likeness (QED) is 0.0123. The molecule has 0 saturated carbocycles. The van der Waals surface area contributed by atoms with E-state index in [1.165, 1.54) is 68.8 Å². The molecule has 0 spiro atoms. The normalized spacial score (nSPS) is 12.2. The number of nitrogens with zero attached hydrogens (tertiary/aromatic N) is 4. The number of sulfone groups is 1. The highest BCUT2D eigenvalue weighted by atomic mass is 32.3. The van der Waals surface area contributed by atoms with Crippen molar-refractivity contribution in [2.45, 2.75) is 14.7 Å². The second-order valence-electron chi connectivity index (χ2n) is 9.92. The SMILES string of the molecule is COc1cc(SC#COOS(=O)(=O)O)c(OC)cc1N=Nc1c(SOOO)cc2c(N=Nc3ccc(S(=O)(=O)CCOS(=O)(=O)O)cc3)c(N)ccc2c1O. The second kappa shape index (κ2) is 18.7. The molecular formula is C28H25N5O17S5. The number of phenolic OH excluding ortho intramolecular Hbond substituents is 1. The van der Waals surface area contributed by atoms with E-state index in [0.29, 0.717) is 16.9 Å². The van der Waals surface area contributed by atoms with E-state index in [1.807, 2.05) is 6.11 Å². The third-order valence-corrected chi connectivity index (χ3v) is 10.3. The highest BCUT2D eigenvalue weighted by Crippen LogP contribution is 2.48. The van der Waals surface area contributed by atoms with Crippen molar-refractivity contribution >= 4 is 93.6 Å². The van der Waals surface area contributed by atoms with Crippen LogP contribution in [-0.2, 0) is 53.4 Å². The second-order valence-corrected chi connectivity index (χ2v) is 15.7. The maximum absolute atomic E-state index is 12.5. The van der Waals surface area contributed by atoms with Gasteiger partial charge in [-0.15, -0.1) is 19.7 Å². The van der Waals surface area contributed by atoms with Crippen LogP contribution in [-0.4, -0.2) is 71.3 Å². The number of benzene rings is 4. The summed E-state index contributed by atoms with van der Waals surface area (Å²) in [6, 6.07) is 12.2. The van der Waals surface area contributed by atoms with Crippen LogP contribution in [0.15, 0.2) is 89.7 Å². The van der Waals surface area contributed by atoms with Gasteiger partial charge >= 0.3 is 20.8 Å². The third-order valence-electron chi connectivity index (χ3n) is 6.52. The number of ether oxygens (including phenoxy) is 2. The number of fused-ring (bicyclic) bond motifs is 1. The Labute approximate surface area is 320 Å². The lowest BCUT2D eigenvalue weighted by atomic mass is 10.1. The largest absolute Gasteiger partial charge is 0.505 e. The maximum atomic E-state index is 12.5. The Hall–Kier alpha value is -4.83. The van der Waals surface area contributed by atoms with Crippen molar-refractivity contribution < 1.29 is 77.0 Å². The van der Waals surface area contributed by atoms with Crippen LogP contribution in [0.4, 0.5) is 28.4 Å². The van der Waals surface area contributed by atoms with Crippen molar-refractivity contribution in [3.05, 3.63) is 54.6 Å². The Morgan fingerprint density at radius 2 is 1.49 bits per heavy atom. The molecule has 55 heavy (non-hydrogen) atoms. The summed E-state index contributed by atoms with van der Waals surface area (Å²) in [6.45, 7) is -0.805. The van der Waals surface area contributed by atoms with Crippen molar-refractivity contribution in [3.8, 4) is 28.6 Å². The number of nitrogens with two attached hydrogens (primary N) is 1. The summed E-state index contributed by atoms with van der Waals surface area (Å²) in [7, 11) is -11.0. The molecule has 22 nitrogen and oxygen atoms in total. The summed E-state index contributed by atoms with van der Waals surface area (Å²) in [5, 5.41) is 43.4. The van der Waals surface area contributed by atoms with E-state index in [-0.39, 0.29) is 60.5 Å². The predicted molar refractivity (Wildman–Crippen MR) is 192 cm³/mol. The topological polar surface area (TPSA) is 323 Å². The van der Waals surface area contributed by atoms with Crippen molar-refractivity contribution in [1.82, 2.24) is 0 Å². The number of methoxy groups -OCH3 is 2. The Balaban J connectivity index is 1.67. The molecule has 0 heterocycles. The zero-order valence-corrected chi connectivity index (χ0v) is 31.7. The number of thioether (sulfide) groups is 1. The molecule has 4 aromatic rings. The van der Waals surface area contributed by atoms with Gasteiger partial charge in [-0.1, -0.05) is 5.04 Å².